The van der Waals surface area contributed by atoms with Crippen molar-refractivity contribution < 1.29 is 29.3 Å². The van der Waals surface area contributed by atoms with Gasteiger partial charge in [0.1, 0.15) is 5.78 Å². The molecule has 2 unspecified atom stereocenters. The van der Waals surface area contributed by atoms with Gasteiger partial charge in [-0.05, 0) is 19.8 Å². The summed E-state index contributed by atoms with van der Waals surface area (Å²) in [5.74, 6) is 0.199. The number of ketones is 1. The van der Waals surface area contributed by atoms with Gasteiger partial charge in [-0.1, -0.05) is 19.3 Å². The van der Waals surface area contributed by atoms with E-state index < -0.39 is 11.7 Å². The number of hydrogen-bond acceptors (Lipinski definition) is 7. The van der Waals surface area contributed by atoms with Crippen LogP contribution in [0.4, 0.5) is 0 Å². The Bertz CT molecular complexity index is 426. The molecule has 7 heteroatoms. The maximum Gasteiger partial charge on any atom is 0.305 e. The molecule has 146 valence electrons. The molecule has 1 fully saturated rings. The van der Waals surface area contributed by atoms with Crippen molar-refractivity contribution in [2.75, 3.05) is 26.6 Å². The first-order valence-electron chi connectivity index (χ1n) is 8.91. The fourth-order valence-corrected chi connectivity index (χ4v) is 4.67. The molecule has 0 bridgehead atoms. The van der Waals surface area contributed by atoms with Crippen LogP contribution >= 0.6 is 11.8 Å². The van der Waals surface area contributed by atoms with E-state index in [0.717, 1.165) is 32.1 Å². The van der Waals surface area contributed by atoms with Gasteiger partial charge in [0.05, 0.1) is 25.4 Å². The van der Waals surface area contributed by atoms with E-state index in [-0.39, 0.29) is 35.9 Å². The number of methoxy groups -OCH3 is 2. The van der Waals surface area contributed by atoms with E-state index in [4.69, 9.17) is 4.74 Å². The predicted octanol–water partition coefficient (Wildman–Crippen LogP) is 1.95. The Labute approximate surface area is 154 Å². The van der Waals surface area contributed by atoms with Crippen molar-refractivity contribution in [2.45, 2.75) is 68.8 Å². The number of carbonyl (C=O) groups is 2. The van der Waals surface area contributed by atoms with Gasteiger partial charge < -0.3 is 19.7 Å². The number of esters is 1. The number of thioether (sulfide) groups is 1. The first-order valence-corrected chi connectivity index (χ1v) is 9.96. The Morgan fingerprint density at radius 2 is 1.96 bits per heavy atom. The zero-order chi connectivity index (χ0) is 18.9. The smallest absolute Gasteiger partial charge is 0.305 e. The SMILES string of the molecule is COCC(C)(O)CS[C@H]1C(O)CC(=O)[C@@H]1CCCCCCC(=O)OC. The maximum atomic E-state index is 12.2. The summed E-state index contributed by atoms with van der Waals surface area (Å²) >= 11 is 1.46. The molecule has 2 N–H and O–H groups in total. The van der Waals surface area contributed by atoms with Crippen LogP contribution in [-0.2, 0) is 19.1 Å². The summed E-state index contributed by atoms with van der Waals surface area (Å²) in [5.41, 5.74) is -0.969. The van der Waals surface area contributed by atoms with Crippen molar-refractivity contribution in [2.24, 2.45) is 5.92 Å². The normalized spacial score (nSPS) is 25.8. The second-order valence-electron chi connectivity index (χ2n) is 7.08. The van der Waals surface area contributed by atoms with Crippen LogP contribution in [0.2, 0.25) is 0 Å². The average Bonchev–Trinajstić information content (AvgIpc) is 2.81. The second kappa shape index (κ2) is 11.2. The molecule has 1 aliphatic rings. The summed E-state index contributed by atoms with van der Waals surface area (Å²) in [5, 5.41) is 20.2. The first kappa shape index (κ1) is 22.4. The van der Waals surface area contributed by atoms with Gasteiger partial charge in [-0.2, -0.15) is 11.8 Å². The third kappa shape index (κ3) is 8.07. The Kier molecular flexibility index (Phi) is 10.0. The van der Waals surface area contributed by atoms with Gasteiger partial charge in [0.25, 0.3) is 0 Å². The molecule has 0 saturated heterocycles. The minimum absolute atomic E-state index is 0.117. The molecule has 0 spiro atoms. The minimum Gasteiger partial charge on any atom is -0.469 e. The fourth-order valence-electron chi connectivity index (χ4n) is 3.20. The second-order valence-corrected chi connectivity index (χ2v) is 8.25. The van der Waals surface area contributed by atoms with Crippen LogP contribution in [0.15, 0.2) is 0 Å². The van der Waals surface area contributed by atoms with Crippen molar-refractivity contribution in [3.63, 3.8) is 0 Å². The summed E-state index contributed by atoms with van der Waals surface area (Å²) < 4.78 is 9.60. The minimum atomic E-state index is -0.969. The maximum absolute atomic E-state index is 12.2. The van der Waals surface area contributed by atoms with E-state index in [0.29, 0.717) is 12.2 Å². The molecule has 0 amide bonds. The highest BCUT2D eigenvalue weighted by Gasteiger charge is 2.42. The predicted molar refractivity (Wildman–Crippen MR) is 97.6 cm³/mol. The zero-order valence-corrected chi connectivity index (χ0v) is 16.3. The summed E-state index contributed by atoms with van der Waals surface area (Å²) in [6, 6.07) is 0. The van der Waals surface area contributed by atoms with Crippen LogP contribution in [0.1, 0.15) is 51.9 Å². The lowest BCUT2D eigenvalue weighted by atomic mass is 9.98. The van der Waals surface area contributed by atoms with E-state index >= 15 is 0 Å². The van der Waals surface area contributed by atoms with E-state index in [2.05, 4.69) is 4.74 Å². The van der Waals surface area contributed by atoms with Crippen LogP contribution in [0.3, 0.4) is 0 Å². The molecule has 0 aromatic carbocycles. The van der Waals surface area contributed by atoms with Crippen molar-refractivity contribution in [3.05, 3.63) is 0 Å². The monoisotopic (exact) mass is 376 g/mol. The number of unbranched alkanes of at least 4 members (excludes halogenated alkanes) is 3. The summed E-state index contributed by atoms with van der Waals surface area (Å²) in [6.07, 6.45) is 4.33. The highest BCUT2D eigenvalue weighted by atomic mass is 32.2. The van der Waals surface area contributed by atoms with Gasteiger partial charge in [-0.15, -0.1) is 0 Å². The lowest BCUT2D eigenvalue weighted by molar-refractivity contribution is -0.140. The third-order valence-corrected chi connectivity index (χ3v) is 6.33. The molecular weight excluding hydrogens is 344 g/mol. The van der Waals surface area contributed by atoms with Gasteiger partial charge in [0.2, 0.25) is 0 Å². The van der Waals surface area contributed by atoms with Crippen LogP contribution in [0.25, 0.3) is 0 Å². The van der Waals surface area contributed by atoms with E-state index in [1.54, 1.807) is 6.92 Å². The van der Waals surface area contributed by atoms with Crippen molar-refractivity contribution in [1.29, 1.82) is 0 Å². The molecule has 4 atom stereocenters. The molecule has 6 nitrogen and oxygen atoms in total. The fraction of sp³-hybridized carbons (Fsp3) is 0.889. The molecule has 0 aromatic heterocycles. The average molecular weight is 377 g/mol. The summed E-state index contributed by atoms with van der Waals surface area (Å²) in [6.45, 7) is 1.92. The largest absolute Gasteiger partial charge is 0.469 e. The quantitative estimate of drug-likeness (QED) is 0.397. The molecule has 0 radical (unpaired) electrons. The lowest BCUT2D eigenvalue weighted by Gasteiger charge is -2.26. The molecule has 25 heavy (non-hydrogen) atoms. The van der Waals surface area contributed by atoms with E-state index in [9.17, 15) is 19.8 Å². The standard InChI is InChI=1S/C18H32O6S/c1-18(22,11-23-2)12-25-17-13(14(19)10-15(17)20)8-6-4-5-7-9-16(21)24-3/h13,15,17,20,22H,4-12H2,1-3H3/t13-,15?,17+,18?/m0/s1. The molecule has 0 heterocycles. The van der Waals surface area contributed by atoms with Crippen LogP contribution in [0, 0.1) is 5.92 Å². The van der Waals surface area contributed by atoms with Crippen molar-refractivity contribution in [3.8, 4) is 0 Å². The summed E-state index contributed by atoms with van der Waals surface area (Å²) in [7, 11) is 2.93. The van der Waals surface area contributed by atoms with Crippen molar-refractivity contribution in [1.82, 2.24) is 0 Å². The van der Waals surface area contributed by atoms with Gasteiger partial charge in [0.15, 0.2) is 0 Å². The van der Waals surface area contributed by atoms with Gasteiger partial charge >= 0.3 is 5.97 Å². The van der Waals surface area contributed by atoms with Crippen LogP contribution < -0.4 is 0 Å². The number of rotatable bonds is 12. The Morgan fingerprint density at radius 3 is 2.60 bits per heavy atom. The third-order valence-electron chi connectivity index (χ3n) is 4.52. The number of aliphatic hydroxyl groups is 2. The van der Waals surface area contributed by atoms with E-state index in [1.807, 2.05) is 0 Å². The van der Waals surface area contributed by atoms with Gasteiger partial charge in [0, 0.05) is 36.9 Å². The van der Waals surface area contributed by atoms with Gasteiger partial charge in [-0.25, -0.2) is 0 Å². The molecule has 1 aliphatic carbocycles. The summed E-state index contributed by atoms with van der Waals surface area (Å²) in [4.78, 5) is 23.2. The van der Waals surface area contributed by atoms with Crippen LogP contribution in [-0.4, -0.2) is 65.5 Å². The first-order chi connectivity index (χ1) is 11.8. The number of hydrogen-bond donors (Lipinski definition) is 2. The molecule has 0 aliphatic heterocycles. The van der Waals surface area contributed by atoms with E-state index in [1.165, 1.54) is 26.0 Å². The lowest BCUT2D eigenvalue weighted by Crippen LogP contribution is -2.35. The highest BCUT2D eigenvalue weighted by Crippen LogP contribution is 2.37. The topological polar surface area (TPSA) is 93.1 Å². The molecular formula is C18H32O6S. The number of Topliss-reactive ketones (excluding diaryl/α,β-unsaturated/α-hetero) is 1. The number of aliphatic hydroxyl groups excluding tert-OH is 1. The van der Waals surface area contributed by atoms with Crippen LogP contribution in [0.5, 0.6) is 0 Å². The highest BCUT2D eigenvalue weighted by molar-refractivity contribution is 8.00. The number of carbonyl (C=O) groups excluding carboxylic acids is 2. The Hall–Kier alpha value is -0.630. The zero-order valence-electron chi connectivity index (χ0n) is 15.5. The van der Waals surface area contributed by atoms with Gasteiger partial charge in [-0.3, -0.25) is 9.59 Å². The molecule has 1 saturated carbocycles. The Balaban J connectivity index is 2.36. The molecule has 1 rings (SSSR count). The van der Waals surface area contributed by atoms with Crippen molar-refractivity contribution >= 4 is 23.5 Å². The Morgan fingerprint density at radius 1 is 1.28 bits per heavy atom. The number of ether oxygens (including phenoxy) is 2. The molecule has 0 aromatic rings.